The molecule has 2 aliphatic rings. The summed E-state index contributed by atoms with van der Waals surface area (Å²) in [5.41, 5.74) is -0.145. The SMILES string of the molecule is CC(C)N1CCN2C(C1)CN(S(=O)(=O)c1ccccc1)CC2(C)C. The largest absolute Gasteiger partial charge is 0.298 e. The molecule has 134 valence electrons. The standard InChI is InChI=1S/C18H29N3O2S/c1-15(2)19-10-11-21-16(12-19)13-20(14-18(21,3)4)24(22,23)17-8-6-5-7-9-17/h5-9,15-16H,10-14H2,1-4H3. The number of nitrogens with zero attached hydrogens (tertiary/aromatic N) is 3. The first kappa shape index (κ1) is 17.9. The fourth-order valence-corrected chi connectivity index (χ4v) is 5.70. The quantitative estimate of drug-likeness (QED) is 0.834. The van der Waals surface area contributed by atoms with E-state index in [4.69, 9.17) is 0 Å². The second-order valence-corrected chi connectivity index (χ2v) is 9.80. The first-order valence-corrected chi connectivity index (χ1v) is 10.2. The van der Waals surface area contributed by atoms with Gasteiger partial charge in [0.05, 0.1) is 4.90 Å². The summed E-state index contributed by atoms with van der Waals surface area (Å²) in [6.07, 6.45) is 0. The fraction of sp³-hybridized carbons (Fsp3) is 0.667. The molecule has 6 heteroatoms. The number of benzene rings is 1. The molecule has 1 aromatic carbocycles. The predicted octanol–water partition coefficient (Wildman–Crippen LogP) is 1.86. The molecule has 0 spiro atoms. The third kappa shape index (κ3) is 3.25. The van der Waals surface area contributed by atoms with Crippen molar-refractivity contribution in [1.29, 1.82) is 0 Å². The molecule has 5 nitrogen and oxygen atoms in total. The Morgan fingerprint density at radius 1 is 1.08 bits per heavy atom. The minimum Gasteiger partial charge on any atom is -0.298 e. The van der Waals surface area contributed by atoms with Crippen LogP contribution < -0.4 is 0 Å². The lowest BCUT2D eigenvalue weighted by atomic mass is 9.94. The van der Waals surface area contributed by atoms with E-state index in [1.54, 1.807) is 28.6 Å². The highest BCUT2D eigenvalue weighted by molar-refractivity contribution is 7.89. The molecule has 0 aliphatic carbocycles. The molecule has 2 saturated heterocycles. The van der Waals surface area contributed by atoms with Gasteiger partial charge >= 0.3 is 0 Å². The monoisotopic (exact) mass is 351 g/mol. The Morgan fingerprint density at radius 2 is 1.75 bits per heavy atom. The molecule has 0 radical (unpaired) electrons. The van der Waals surface area contributed by atoms with Gasteiger partial charge in [-0.1, -0.05) is 18.2 Å². The van der Waals surface area contributed by atoms with Crippen molar-refractivity contribution in [2.75, 3.05) is 32.7 Å². The second-order valence-electron chi connectivity index (χ2n) is 7.86. The van der Waals surface area contributed by atoms with Gasteiger partial charge in [-0.15, -0.1) is 0 Å². The third-order valence-electron chi connectivity index (χ3n) is 5.38. The van der Waals surface area contributed by atoms with E-state index in [1.165, 1.54) is 0 Å². The van der Waals surface area contributed by atoms with E-state index >= 15 is 0 Å². The van der Waals surface area contributed by atoms with E-state index in [0.29, 0.717) is 24.0 Å². The Balaban J connectivity index is 1.87. The van der Waals surface area contributed by atoms with Gasteiger partial charge in [0, 0.05) is 50.3 Å². The highest BCUT2D eigenvalue weighted by atomic mass is 32.2. The Hall–Kier alpha value is -0.950. The predicted molar refractivity (Wildman–Crippen MR) is 96.5 cm³/mol. The second kappa shape index (κ2) is 6.41. The molecule has 0 saturated carbocycles. The summed E-state index contributed by atoms with van der Waals surface area (Å²) in [7, 11) is -3.43. The van der Waals surface area contributed by atoms with Crippen molar-refractivity contribution in [2.24, 2.45) is 0 Å². The Morgan fingerprint density at radius 3 is 2.38 bits per heavy atom. The van der Waals surface area contributed by atoms with Crippen molar-refractivity contribution in [3.8, 4) is 0 Å². The number of fused-ring (bicyclic) bond motifs is 1. The molecule has 0 bridgehead atoms. The fourth-order valence-electron chi connectivity index (χ4n) is 4.05. The van der Waals surface area contributed by atoms with Crippen LogP contribution in [0.25, 0.3) is 0 Å². The number of hydrogen-bond acceptors (Lipinski definition) is 4. The van der Waals surface area contributed by atoms with Crippen LogP contribution in [-0.4, -0.2) is 72.9 Å². The van der Waals surface area contributed by atoms with Crippen molar-refractivity contribution < 1.29 is 8.42 Å². The van der Waals surface area contributed by atoms with E-state index < -0.39 is 10.0 Å². The maximum atomic E-state index is 13.1. The minimum absolute atomic E-state index is 0.145. The first-order valence-electron chi connectivity index (χ1n) is 8.78. The van der Waals surface area contributed by atoms with E-state index in [2.05, 4.69) is 37.5 Å². The molecular weight excluding hydrogens is 322 g/mol. The van der Waals surface area contributed by atoms with Crippen LogP contribution in [0.15, 0.2) is 35.2 Å². The Kier molecular flexibility index (Phi) is 4.77. The molecule has 0 amide bonds. The highest BCUT2D eigenvalue weighted by Gasteiger charge is 2.46. The van der Waals surface area contributed by atoms with Gasteiger partial charge in [-0.05, 0) is 39.8 Å². The molecule has 2 aliphatic heterocycles. The highest BCUT2D eigenvalue weighted by Crippen LogP contribution is 2.31. The summed E-state index contributed by atoms with van der Waals surface area (Å²) in [5.74, 6) is 0. The summed E-state index contributed by atoms with van der Waals surface area (Å²) in [6.45, 7) is 12.9. The lowest BCUT2D eigenvalue weighted by molar-refractivity contribution is -0.0497. The van der Waals surface area contributed by atoms with Crippen LogP contribution in [0.2, 0.25) is 0 Å². The van der Waals surface area contributed by atoms with Gasteiger partial charge < -0.3 is 0 Å². The van der Waals surface area contributed by atoms with Crippen LogP contribution in [0.5, 0.6) is 0 Å². The molecule has 1 unspecified atom stereocenters. The zero-order valence-corrected chi connectivity index (χ0v) is 16.0. The van der Waals surface area contributed by atoms with Crippen LogP contribution in [-0.2, 0) is 10.0 Å². The number of hydrogen-bond donors (Lipinski definition) is 0. The van der Waals surface area contributed by atoms with Crippen LogP contribution in [0.3, 0.4) is 0 Å². The third-order valence-corrected chi connectivity index (χ3v) is 7.21. The zero-order valence-electron chi connectivity index (χ0n) is 15.1. The lowest BCUT2D eigenvalue weighted by Gasteiger charge is -2.55. The molecule has 0 N–H and O–H groups in total. The van der Waals surface area contributed by atoms with Crippen molar-refractivity contribution in [3.63, 3.8) is 0 Å². The number of rotatable bonds is 3. The molecule has 2 fully saturated rings. The molecule has 1 aromatic rings. The van der Waals surface area contributed by atoms with Crippen LogP contribution in [0.4, 0.5) is 0 Å². The van der Waals surface area contributed by atoms with Gasteiger partial charge in [-0.25, -0.2) is 8.42 Å². The topological polar surface area (TPSA) is 43.9 Å². The van der Waals surface area contributed by atoms with E-state index in [1.807, 2.05) is 6.07 Å². The molecule has 0 aromatic heterocycles. The number of sulfonamides is 1. The maximum Gasteiger partial charge on any atom is 0.243 e. The van der Waals surface area contributed by atoms with Crippen LogP contribution in [0.1, 0.15) is 27.7 Å². The van der Waals surface area contributed by atoms with Crippen molar-refractivity contribution in [1.82, 2.24) is 14.1 Å². The van der Waals surface area contributed by atoms with E-state index in [-0.39, 0.29) is 11.6 Å². The van der Waals surface area contributed by atoms with E-state index in [9.17, 15) is 8.42 Å². The van der Waals surface area contributed by atoms with Gasteiger partial charge in [-0.2, -0.15) is 4.31 Å². The normalized spacial score (nSPS) is 26.5. The lowest BCUT2D eigenvalue weighted by Crippen LogP contribution is -2.70. The zero-order chi connectivity index (χ0) is 17.5. The average Bonchev–Trinajstić information content (AvgIpc) is 2.54. The molecule has 2 heterocycles. The minimum atomic E-state index is -3.43. The summed E-state index contributed by atoms with van der Waals surface area (Å²) >= 11 is 0. The first-order chi connectivity index (χ1) is 11.2. The molecule has 1 atom stereocenters. The molecule has 3 rings (SSSR count). The van der Waals surface area contributed by atoms with Crippen LogP contribution >= 0.6 is 0 Å². The Labute approximate surface area is 146 Å². The molecule has 24 heavy (non-hydrogen) atoms. The smallest absolute Gasteiger partial charge is 0.243 e. The van der Waals surface area contributed by atoms with E-state index in [0.717, 1.165) is 19.6 Å². The van der Waals surface area contributed by atoms with Gasteiger partial charge in [0.1, 0.15) is 0 Å². The summed E-state index contributed by atoms with van der Waals surface area (Å²) in [6, 6.07) is 9.55. The van der Waals surface area contributed by atoms with Gasteiger partial charge in [0.2, 0.25) is 10.0 Å². The van der Waals surface area contributed by atoms with Crippen molar-refractivity contribution in [2.45, 2.75) is 50.2 Å². The summed E-state index contributed by atoms with van der Waals surface area (Å²) < 4.78 is 27.8. The van der Waals surface area contributed by atoms with Crippen molar-refractivity contribution in [3.05, 3.63) is 30.3 Å². The van der Waals surface area contributed by atoms with Gasteiger partial charge in [0.15, 0.2) is 0 Å². The molecular formula is C18H29N3O2S. The number of piperazine rings is 2. The van der Waals surface area contributed by atoms with Gasteiger partial charge in [0.25, 0.3) is 0 Å². The summed E-state index contributed by atoms with van der Waals surface area (Å²) in [4.78, 5) is 5.35. The Bertz CT molecular complexity index is 673. The average molecular weight is 352 g/mol. The maximum absolute atomic E-state index is 13.1. The van der Waals surface area contributed by atoms with Crippen molar-refractivity contribution >= 4 is 10.0 Å². The van der Waals surface area contributed by atoms with Crippen LogP contribution in [0, 0.1) is 0 Å². The van der Waals surface area contributed by atoms with Gasteiger partial charge in [-0.3, -0.25) is 9.80 Å². The summed E-state index contributed by atoms with van der Waals surface area (Å²) in [5, 5.41) is 0.